The van der Waals surface area contributed by atoms with Crippen LogP contribution in [-0.4, -0.2) is 47.4 Å². The molecule has 83 heavy (non-hydrogen) atoms. The predicted octanol–water partition coefficient (Wildman–Crippen LogP) is 24.4. The maximum Gasteiger partial charge on any atom is 0.305 e. The Hall–Kier alpha value is -2.18. The largest absolute Gasteiger partial charge is 0.466 e. The zero-order valence-corrected chi connectivity index (χ0v) is 55.9. The molecule has 0 aliphatic heterocycles. The Bertz CT molecular complexity index is 1390. The van der Waals surface area contributed by atoms with Gasteiger partial charge in [0.2, 0.25) is 5.91 Å². The Morgan fingerprint density at radius 3 is 0.928 bits per heavy atom. The van der Waals surface area contributed by atoms with E-state index in [4.69, 9.17) is 4.74 Å². The van der Waals surface area contributed by atoms with E-state index in [2.05, 4.69) is 55.6 Å². The highest BCUT2D eigenvalue weighted by molar-refractivity contribution is 5.76. The maximum atomic E-state index is 12.5. The predicted molar refractivity (Wildman–Crippen MR) is 366 cm³/mol. The SMILES string of the molecule is CCCCCCCC/C=C\CCCCCCCCCCCC(=O)OCCCCCCCCCCC/C=C\C/C=C\CCCCCCCCCCCCCCCC(=O)NC(CO)C(O)/C=C/CCCCCCCCCCCCCCCCCC. The first-order valence-electron chi connectivity index (χ1n) is 37.4. The summed E-state index contributed by atoms with van der Waals surface area (Å²) in [6, 6.07) is -0.630. The van der Waals surface area contributed by atoms with E-state index in [1.54, 1.807) is 6.08 Å². The molecule has 0 saturated carbocycles. The number of carbonyl (C=O) groups is 2. The van der Waals surface area contributed by atoms with Crippen LogP contribution in [0.5, 0.6) is 0 Å². The van der Waals surface area contributed by atoms with Crippen LogP contribution in [0.15, 0.2) is 48.6 Å². The number of rotatable bonds is 70. The van der Waals surface area contributed by atoms with Gasteiger partial charge in [-0.1, -0.05) is 351 Å². The molecule has 2 atom stereocenters. The van der Waals surface area contributed by atoms with Crippen molar-refractivity contribution in [1.29, 1.82) is 0 Å². The normalized spacial score (nSPS) is 12.8. The topological polar surface area (TPSA) is 95.9 Å². The average molecular weight is 1170 g/mol. The third-order valence-electron chi connectivity index (χ3n) is 17.3. The van der Waals surface area contributed by atoms with Gasteiger partial charge in [0.15, 0.2) is 0 Å². The molecule has 0 radical (unpaired) electrons. The molecule has 3 N–H and O–H groups in total. The van der Waals surface area contributed by atoms with E-state index < -0.39 is 12.1 Å². The van der Waals surface area contributed by atoms with Crippen LogP contribution in [0.25, 0.3) is 0 Å². The van der Waals surface area contributed by atoms with Crippen LogP contribution >= 0.6 is 0 Å². The van der Waals surface area contributed by atoms with Crippen molar-refractivity contribution in [2.75, 3.05) is 13.2 Å². The molecule has 0 aliphatic carbocycles. The van der Waals surface area contributed by atoms with Gasteiger partial charge in [-0.2, -0.15) is 0 Å². The smallest absolute Gasteiger partial charge is 0.305 e. The summed E-state index contributed by atoms with van der Waals surface area (Å²) in [6.07, 6.45) is 94.9. The van der Waals surface area contributed by atoms with Gasteiger partial charge in [-0.25, -0.2) is 0 Å². The lowest BCUT2D eigenvalue weighted by Crippen LogP contribution is -2.45. The third kappa shape index (κ3) is 68.8. The van der Waals surface area contributed by atoms with E-state index in [1.165, 1.54) is 327 Å². The minimum atomic E-state index is -0.846. The molecule has 488 valence electrons. The molecule has 0 fully saturated rings. The molecule has 6 nitrogen and oxygen atoms in total. The lowest BCUT2D eigenvalue weighted by molar-refractivity contribution is -0.143. The van der Waals surface area contributed by atoms with E-state index in [1.807, 2.05) is 6.08 Å². The molecule has 0 saturated heterocycles. The average Bonchev–Trinajstić information content (AvgIpc) is 3.49. The second-order valence-corrected chi connectivity index (χ2v) is 25.6. The zero-order chi connectivity index (χ0) is 59.9. The van der Waals surface area contributed by atoms with Crippen molar-refractivity contribution in [2.24, 2.45) is 0 Å². The quantitative estimate of drug-likeness (QED) is 0.0320. The first-order valence-corrected chi connectivity index (χ1v) is 37.4. The number of ether oxygens (including phenoxy) is 1. The fraction of sp³-hybridized carbons (Fsp3) is 0.870. The number of hydrogen-bond acceptors (Lipinski definition) is 5. The molecule has 2 unspecified atom stereocenters. The van der Waals surface area contributed by atoms with Crippen LogP contribution in [0, 0.1) is 0 Å². The van der Waals surface area contributed by atoms with Gasteiger partial charge in [0.25, 0.3) is 0 Å². The van der Waals surface area contributed by atoms with Gasteiger partial charge >= 0.3 is 5.97 Å². The number of allylic oxidation sites excluding steroid dienone is 7. The van der Waals surface area contributed by atoms with Gasteiger partial charge in [-0.15, -0.1) is 0 Å². The summed E-state index contributed by atoms with van der Waals surface area (Å²) < 4.78 is 5.51. The van der Waals surface area contributed by atoms with Crippen LogP contribution in [0.3, 0.4) is 0 Å². The third-order valence-corrected chi connectivity index (χ3v) is 17.3. The van der Waals surface area contributed by atoms with Gasteiger partial charge < -0.3 is 20.3 Å². The summed E-state index contributed by atoms with van der Waals surface area (Å²) in [6.45, 7) is 4.93. The highest BCUT2D eigenvalue weighted by atomic mass is 16.5. The first kappa shape index (κ1) is 80.8. The number of nitrogens with one attached hydrogen (secondary N) is 1. The second-order valence-electron chi connectivity index (χ2n) is 25.6. The van der Waals surface area contributed by atoms with Crippen molar-refractivity contribution in [1.82, 2.24) is 5.32 Å². The minimum absolute atomic E-state index is 0.0116. The summed E-state index contributed by atoms with van der Waals surface area (Å²) in [5, 5.41) is 23.2. The molecular weight excluding hydrogens is 1020 g/mol. The number of aliphatic hydroxyl groups is 2. The minimum Gasteiger partial charge on any atom is -0.466 e. The van der Waals surface area contributed by atoms with Gasteiger partial charge in [0.05, 0.1) is 25.4 Å². The monoisotopic (exact) mass is 1160 g/mol. The number of amides is 1. The summed E-state index contributed by atoms with van der Waals surface area (Å²) in [7, 11) is 0. The summed E-state index contributed by atoms with van der Waals surface area (Å²) >= 11 is 0. The number of hydrogen-bond donors (Lipinski definition) is 3. The Balaban J connectivity index is 3.41. The van der Waals surface area contributed by atoms with Gasteiger partial charge in [-0.05, 0) is 89.9 Å². The summed E-state index contributed by atoms with van der Waals surface area (Å²) in [4.78, 5) is 24.6. The van der Waals surface area contributed by atoms with Crippen LogP contribution in [0.4, 0.5) is 0 Å². The van der Waals surface area contributed by atoms with Crippen molar-refractivity contribution in [3.63, 3.8) is 0 Å². The van der Waals surface area contributed by atoms with Crippen LogP contribution in [-0.2, 0) is 14.3 Å². The second kappa shape index (κ2) is 72.3. The van der Waals surface area contributed by atoms with E-state index >= 15 is 0 Å². The van der Waals surface area contributed by atoms with Gasteiger partial charge in [0.1, 0.15) is 0 Å². The Morgan fingerprint density at radius 2 is 0.602 bits per heavy atom. The standard InChI is InChI=1S/C77H145NO5/c1-3-5-7-9-11-13-15-17-19-21-34-39-43-47-51-55-59-63-67-71-77(82)83-72-68-64-60-56-52-48-44-40-36-33-31-29-27-25-23-24-26-28-30-32-35-38-42-46-50-54-58-62-66-70-76(81)78-74(73-79)75(80)69-65-61-57-53-49-45-41-37-22-20-18-16-14-12-10-8-6-4-2/h17,19,23,25,29,31,65,69,74-75,79-80H,3-16,18,20-22,24,26-28,30,32-64,66-68,70-73H2,1-2H3,(H,78,81)/b19-17-,25-23-,31-29-,69-65+. The molecule has 0 rings (SSSR count). The molecular formula is C77H145NO5. The van der Waals surface area contributed by atoms with Crippen molar-refractivity contribution in [2.45, 2.75) is 418 Å². The summed E-state index contributed by atoms with van der Waals surface area (Å²) in [5.74, 6) is -0.0545. The molecule has 0 aromatic rings. The van der Waals surface area contributed by atoms with Crippen LogP contribution in [0.2, 0.25) is 0 Å². The number of unbranched alkanes of at least 4 members (excludes halogenated alkanes) is 53. The maximum absolute atomic E-state index is 12.5. The Labute approximate surface area is 518 Å². The van der Waals surface area contributed by atoms with Crippen molar-refractivity contribution >= 4 is 11.9 Å². The lowest BCUT2D eigenvalue weighted by atomic mass is 10.0. The van der Waals surface area contributed by atoms with Gasteiger partial charge in [-0.3, -0.25) is 9.59 Å². The molecule has 0 heterocycles. The molecule has 1 amide bonds. The highest BCUT2D eigenvalue weighted by Gasteiger charge is 2.18. The molecule has 0 aromatic heterocycles. The van der Waals surface area contributed by atoms with Gasteiger partial charge in [0, 0.05) is 12.8 Å². The lowest BCUT2D eigenvalue weighted by Gasteiger charge is -2.20. The fourth-order valence-electron chi connectivity index (χ4n) is 11.6. The molecule has 0 bridgehead atoms. The van der Waals surface area contributed by atoms with Crippen LogP contribution < -0.4 is 5.32 Å². The van der Waals surface area contributed by atoms with E-state index in [-0.39, 0.29) is 18.5 Å². The van der Waals surface area contributed by atoms with Crippen molar-refractivity contribution in [3.05, 3.63) is 48.6 Å². The number of esters is 1. The highest BCUT2D eigenvalue weighted by Crippen LogP contribution is 2.18. The Kier molecular flexibility index (Phi) is 70.4. The molecule has 0 aliphatic rings. The van der Waals surface area contributed by atoms with Crippen LogP contribution in [0.1, 0.15) is 406 Å². The zero-order valence-electron chi connectivity index (χ0n) is 55.9. The van der Waals surface area contributed by atoms with E-state index in [0.29, 0.717) is 19.4 Å². The van der Waals surface area contributed by atoms with E-state index in [0.717, 1.165) is 51.4 Å². The van der Waals surface area contributed by atoms with E-state index in [9.17, 15) is 19.8 Å². The first-order chi connectivity index (χ1) is 41.0. The molecule has 0 aromatic carbocycles. The number of aliphatic hydroxyl groups excluding tert-OH is 2. The fourth-order valence-corrected chi connectivity index (χ4v) is 11.6. The molecule has 0 spiro atoms. The van der Waals surface area contributed by atoms with Crippen molar-refractivity contribution in [3.8, 4) is 0 Å². The van der Waals surface area contributed by atoms with Crippen molar-refractivity contribution < 1.29 is 24.5 Å². The summed E-state index contributed by atoms with van der Waals surface area (Å²) in [5.41, 5.74) is 0. The molecule has 6 heteroatoms. The Morgan fingerprint density at radius 1 is 0.337 bits per heavy atom. The number of carbonyl (C=O) groups excluding carboxylic acids is 2.